The van der Waals surface area contributed by atoms with Gasteiger partial charge in [0.25, 0.3) is 0 Å². The summed E-state index contributed by atoms with van der Waals surface area (Å²) in [6.07, 6.45) is 3.87. The maximum Gasteiger partial charge on any atom is 0.306 e. The van der Waals surface area contributed by atoms with E-state index in [1.54, 1.807) is 6.20 Å². The van der Waals surface area contributed by atoms with Crippen LogP contribution in [-0.4, -0.2) is 38.5 Å². The second-order valence-electron chi connectivity index (χ2n) is 7.02. The van der Waals surface area contributed by atoms with Crippen molar-refractivity contribution in [2.24, 2.45) is 5.92 Å². The van der Waals surface area contributed by atoms with E-state index < -0.39 is 17.6 Å². The Kier molecular flexibility index (Phi) is 4.40. The minimum absolute atomic E-state index is 0.0148. The average Bonchev–Trinajstić information content (AvgIpc) is 2.56. The van der Waals surface area contributed by atoms with Crippen LogP contribution in [0.1, 0.15) is 35.5 Å². The number of fused-ring (bicyclic) bond motifs is 1. The molecule has 136 valence electrons. The molecule has 2 heterocycles. The lowest BCUT2D eigenvalue weighted by Gasteiger charge is -2.43. The molecule has 1 N–H and O–H groups in total. The zero-order valence-electron chi connectivity index (χ0n) is 14.2. The Morgan fingerprint density at radius 3 is 2.69 bits per heavy atom. The lowest BCUT2D eigenvalue weighted by Crippen LogP contribution is -2.48. The third-order valence-corrected chi connectivity index (χ3v) is 5.39. The maximum atomic E-state index is 13.8. The van der Waals surface area contributed by atoms with Gasteiger partial charge in [0, 0.05) is 55.0 Å². The van der Waals surface area contributed by atoms with Crippen molar-refractivity contribution >= 4 is 5.97 Å². The Bertz CT molecular complexity index is 832. The third kappa shape index (κ3) is 3.19. The lowest BCUT2D eigenvalue weighted by atomic mass is 9.78. The summed E-state index contributed by atoms with van der Waals surface area (Å²) in [5.41, 5.74) is 1.91. The van der Waals surface area contributed by atoms with Crippen LogP contribution in [0.15, 0.2) is 24.4 Å². The molecule has 0 spiro atoms. The van der Waals surface area contributed by atoms with Crippen molar-refractivity contribution in [3.63, 3.8) is 0 Å². The molecular weight excluding hydrogens is 340 g/mol. The van der Waals surface area contributed by atoms with E-state index in [1.807, 2.05) is 0 Å². The minimum atomic E-state index is -0.716. The highest BCUT2D eigenvalue weighted by Crippen LogP contribution is 2.34. The molecule has 1 aliphatic heterocycles. The smallest absolute Gasteiger partial charge is 0.306 e. The summed E-state index contributed by atoms with van der Waals surface area (Å²) in [4.78, 5) is 22.0. The lowest BCUT2D eigenvalue weighted by molar-refractivity contribution is -0.147. The number of halogens is 2. The van der Waals surface area contributed by atoms with Gasteiger partial charge in [-0.15, -0.1) is 0 Å². The molecule has 0 radical (unpaired) electrons. The molecule has 1 fully saturated rings. The van der Waals surface area contributed by atoms with Gasteiger partial charge in [0.1, 0.15) is 17.5 Å². The number of benzene rings is 1. The first-order valence-electron chi connectivity index (χ1n) is 8.74. The van der Waals surface area contributed by atoms with E-state index in [4.69, 9.17) is 5.11 Å². The van der Waals surface area contributed by atoms with E-state index in [-0.39, 0.29) is 17.9 Å². The van der Waals surface area contributed by atoms with Gasteiger partial charge in [-0.25, -0.2) is 18.7 Å². The van der Waals surface area contributed by atoms with Crippen molar-refractivity contribution in [1.29, 1.82) is 0 Å². The van der Waals surface area contributed by atoms with Crippen molar-refractivity contribution in [3.8, 4) is 0 Å². The standard InChI is InChI=1S/C19H19F2N3O2/c20-15-2-1-3-16(21)14(15)8-18-22-9-12-10-24(5-4-17(12)23-18)13-6-11(7-13)19(25)26/h1-3,9,11,13H,4-8,10H2,(H,25,26). The van der Waals surface area contributed by atoms with Crippen molar-refractivity contribution in [2.45, 2.75) is 38.3 Å². The minimum Gasteiger partial charge on any atom is -0.481 e. The molecule has 7 heteroatoms. The van der Waals surface area contributed by atoms with Crippen molar-refractivity contribution in [1.82, 2.24) is 14.9 Å². The second-order valence-corrected chi connectivity index (χ2v) is 7.02. The van der Waals surface area contributed by atoms with E-state index >= 15 is 0 Å². The highest BCUT2D eigenvalue weighted by atomic mass is 19.1. The number of carboxylic acid groups (broad SMARTS) is 1. The highest BCUT2D eigenvalue weighted by molar-refractivity contribution is 5.71. The Hall–Kier alpha value is -2.41. The van der Waals surface area contributed by atoms with Gasteiger partial charge in [0.2, 0.25) is 0 Å². The summed E-state index contributed by atoms with van der Waals surface area (Å²) >= 11 is 0. The molecular formula is C19H19F2N3O2. The van der Waals surface area contributed by atoms with Gasteiger partial charge in [-0.1, -0.05) is 6.07 Å². The summed E-state index contributed by atoms with van der Waals surface area (Å²) < 4.78 is 27.6. The monoisotopic (exact) mass is 359 g/mol. The van der Waals surface area contributed by atoms with Crippen molar-refractivity contribution in [3.05, 3.63) is 58.7 Å². The van der Waals surface area contributed by atoms with E-state index in [2.05, 4.69) is 14.9 Å². The summed E-state index contributed by atoms with van der Waals surface area (Å²) in [7, 11) is 0. The molecule has 0 saturated heterocycles. The van der Waals surface area contributed by atoms with E-state index in [1.165, 1.54) is 18.2 Å². The van der Waals surface area contributed by atoms with Crippen LogP contribution in [0.5, 0.6) is 0 Å². The highest BCUT2D eigenvalue weighted by Gasteiger charge is 2.39. The summed E-state index contributed by atoms with van der Waals surface area (Å²) in [5.74, 6) is -1.70. The van der Waals surface area contributed by atoms with Gasteiger partial charge in [0.15, 0.2) is 0 Å². The molecule has 0 bridgehead atoms. The van der Waals surface area contributed by atoms with E-state index in [0.29, 0.717) is 31.3 Å². The molecule has 1 aromatic heterocycles. The summed E-state index contributed by atoms with van der Waals surface area (Å²) in [6, 6.07) is 4.11. The molecule has 4 rings (SSSR count). The Labute approximate surface area is 149 Å². The maximum absolute atomic E-state index is 13.8. The average molecular weight is 359 g/mol. The Morgan fingerprint density at radius 1 is 1.27 bits per heavy atom. The van der Waals surface area contributed by atoms with Crippen LogP contribution < -0.4 is 0 Å². The molecule has 2 aliphatic rings. The molecule has 5 nitrogen and oxygen atoms in total. The zero-order valence-corrected chi connectivity index (χ0v) is 14.2. The topological polar surface area (TPSA) is 66.3 Å². The Morgan fingerprint density at radius 2 is 2.00 bits per heavy atom. The van der Waals surface area contributed by atoms with E-state index in [0.717, 1.165) is 24.2 Å². The number of nitrogens with zero attached hydrogens (tertiary/aromatic N) is 3. The Balaban J connectivity index is 1.45. The quantitative estimate of drug-likeness (QED) is 0.909. The largest absolute Gasteiger partial charge is 0.481 e. The zero-order chi connectivity index (χ0) is 18.3. The number of carbonyl (C=O) groups is 1. The van der Waals surface area contributed by atoms with Gasteiger partial charge in [0.05, 0.1) is 5.92 Å². The number of rotatable bonds is 4. The van der Waals surface area contributed by atoms with Crippen LogP contribution in [-0.2, 0) is 24.2 Å². The number of aliphatic carboxylic acids is 1. The third-order valence-electron chi connectivity index (χ3n) is 5.39. The summed E-state index contributed by atoms with van der Waals surface area (Å²) in [6.45, 7) is 1.51. The molecule has 1 aliphatic carbocycles. The SMILES string of the molecule is O=C(O)C1CC(N2CCc3nc(Cc4c(F)cccc4F)ncc3C2)C1. The van der Waals surface area contributed by atoms with Gasteiger partial charge in [-0.3, -0.25) is 9.69 Å². The molecule has 0 unspecified atom stereocenters. The van der Waals surface area contributed by atoms with Crippen LogP contribution in [0.2, 0.25) is 0 Å². The number of aromatic nitrogens is 2. The van der Waals surface area contributed by atoms with Crippen molar-refractivity contribution in [2.75, 3.05) is 6.54 Å². The first-order valence-corrected chi connectivity index (χ1v) is 8.74. The molecule has 0 amide bonds. The predicted molar refractivity (Wildman–Crippen MR) is 89.5 cm³/mol. The number of carboxylic acids is 1. The normalized spacial score (nSPS) is 22.5. The molecule has 1 aromatic carbocycles. The molecule has 0 atom stereocenters. The van der Waals surface area contributed by atoms with Crippen molar-refractivity contribution < 1.29 is 18.7 Å². The number of hydrogen-bond donors (Lipinski definition) is 1. The molecule has 26 heavy (non-hydrogen) atoms. The van der Waals surface area contributed by atoms with Crippen LogP contribution in [0.3, 0.4) is 0 Å². The first-order chi connectivity index (χ1) is 12.5. The first kappa shape index (κ1) is 17.0. The van der Waals surface area contributed by atoms with E-state index in [9.17, 15) is 13.6 Å². The fraction of sp³-hybridized carbons (Fsp3) is 0.421. The van der Waals surface area contributed by atoms with Gasteiger partial charge < -0.3 is 5.11 Å². The summed E-state index contributed by atoms with van der Waals surface area (Å²) in [5, 5.41) is 9.01. The van der Waals surface area contributed by atoms with Gasteiger partial charge >= 0.3 is 5.97 Å². The number of hydrogen-bond acceptors (Lipinski definition) is 4. The van der Waals surface area contributed by atoms with Gasteiger partial charge in [-0.2, -0.15) is 0 Å². The fourth-order valence-electron chi connectivity index (χ4n) is 3.72. The molecule has 2 aromatic rings. The van der Waals surface area contributed by atoms with Crippen LogP contribution >= 0.6 is 0 Å². The second kappa shape index (κ2) is 6.72. The van der Waals surface area contributed by atoms with Gasteiger partial charge in [-0.05, 0) is 25.0 Å². The predicted octanol–water partition coefficient (Wildman–Crippen LogP) is 2.57. The van der Waals surface area contributed by atoms with Crippen LogP contribution in [0.4, 0.5) is 8.78 Å². The fourth-order valence-corrected chi connectivity index (χ4v) is 3.72. The van der Waals surface area contributed by atoms with Crippen LogP contribution in [0.25, 0.3) is 0 Å². The van der Waals surface area contributed by atoms with Crippen LogP contribution in [0, 0.1) is 17.6 Å². The molecule has 1 saturated carbocycles.